The Labute approximate surface area is 128 Å². The van der Waals surface area contributed by atoms with Crippen molar-refractivity contribution in [2.45, 2.75) is 19.9 Å². The summed E-state index contributed by atoms with van der Waals surface area (Å²) >= 11 is 0. The maximum Gasteiger partial charge on any atom is 0.488 e. The molecule has 6 heteroatoms. The van der Waals surface area contributed by atoms with Gasteiger partial charge in [0.1, 0.15) is 5.75 Å². The van der Waals surface area contributed by atoms with Gasteiger partial charge in [-0.05, 0) is 51.7 Å². The van der Waals surface area contributed by atoms with Gasteiger partial charge in [0.25, 0.3) is 0 Å². The van der Waals surface area contributed by atoms with Crippen molar-refractivity contribution in [1.29, 1.82) is 0 Å². The van der Waals surface area contributed by atoms with Gasteiger partial charge in [0.15, 0.2) is 0 Å². The molecule has 0 aromatic heterocycles. The number of hydrogen-bond donors (Lipinski definition) is 2. The number of methoxy groups -OCH3 is 1. The zero-order valence-corrected chi connectivity index (χ0v) is 13.5. The van der Waals surface area contributed by atoms with Crippen molar-refractivity contribution in [1.82, 2.24) is 9.80 Å². The van der Waals surface area contributed by atoms with E-state index in [1.54, 1.807) is 25.3 Å². The fraction of sp³-hybridized carbons (Fsp3) is 0.600. The normalized spacial score (nSPS) is 11.2. The standard InChI is InChI=1S/C15H27BN2O3/c1-5-18(10-6-9-17(2)3)12-13-11-14(16(19)20)7-8-15(13)21-4/h7-8,11,19-20H,5-6,9-10,12H2,1-4H3. The van der Waals surface area contributed by atoms with Crippen molar-refractivity contribution in [2.75, 3.05) is 40.8 Å². The molecule has 0 aliphatic heterocycles. The third-order valence-corrected chi connectivity index (χ3v) is 3.52. The Kier molecular flexibility index (Phi) is 7.74. The summed E-state index contributed by atoms with van der Waals surface area (Å²) in [7, 11) is 4.34. The van der Waals surface area contributed by atoms with Crippen LogP contribution in [-0.2, 0) is 6.54 Å². The molecule has 0 bridgehead atoms. The van der Waals surface area contributed by atoms with Crippen molar-refractivity contribution >= 4 is 12.6 Å². The fourth-order valence-corrected chi connectivity index (χ4v) is 2.28. The Hall–Kier alpha value is -1.08. The average molecular weight is 294 g/mol. The van der Waals surface area contributed by atoms with Crippen molar-refractivity contribution < 1.29 is 14.8 Å². The van der Waals surface area contributed by atoms with Crippen molar-refractivity contribution in [2.24, 2.45) is 0 Å². The highest BCUT2D eigenvalue weighted by Gasteiger charge is 2.15. The van der Waals surface area contributed by atoms with Gasteiger partial charge in [-0.3, -0.25) is 4.90 Å². The van der Waals surface area contributed by atoms with Crippen LogP contribution in [0.15, 0.2) is 18.2 Å². The molecule has 0 saturated heterocycles. The number of benzene rings is 1. The van der Waals surface area contributed by atoms with Gasteiger partial charge in [-0.1, -0.05) is 19.1 Å². The first kappa shape index (κ1) is 18.0. The van der Waals surface area contributed by atoms with Gasteiger partial charge in [0.05, 0.1) is 7.11 Å². The van der Waals surface area contributed by atoms with Gasteiger partial charge >= 0.3 is 7.12 Å². The largest absolute Gasteiger partial charge is 0.496 e. The monoisotopic (exact) mass is 294 g/mol. The van der Waals surface area contributed by atoms with E-state index in [0.29, 0.717) is 5.46 Å². The summed E-state index contributed by atoms with van der Waals surface area (Å²) in [5.41, 5.74) is 1.48. The van der Waals surface area contributed by atoms with E-state index in [2.05, 4.69) is 30.8 Å². The van der Waals surface area contributed by atoms with E-state index < -0.39 is 7.12 Å². The maximum absolute atomic E-state index is 9.30. The van der Waals surface area contributed by atoms with Crippen molar-refractivity contribution in [3.63, 3.8) is 0 Å². The number of ether oxygens (including phenoxy) is 1. The van der Waals surface area contributed by atoms with Crippen LogP contribution in [0, 0.1) is 0 Å². The minimum Gasteiger partial charge on any atom is -0.496 e. The van der Waals surface area contributed by atoms with E-state index in [4.69, 9.17) is 4.74 Å². The van der Waals surface area contributed by atoms with Gasteiger partial charge in [-0.2, -0.15) is 0 Å². The van der Waals surface area contributed by atoms with Crippen LogP contribution in [0.25, 0.3) is 0 Å². The van der Waals surface area contributed by atoms with Crippen LogP contribution in [0.5, 0.6) is 5.75 Å². The molecule has 0 unspecified atom stereocenters. The van der Waals surface area contributed by atoms with Crippen LogP contribution in [0.1, 0.15) is 18.9 Å². The topological polar surface area (TPSA) is 56.2 Å². The highest BCUT2D eigenvalue weighted by molar-refractivity contribution is 6.58. The molecule has 0 saturated carbocycles. The van der Waals surface area contributed by atoms with E-state index in [-0.39, 0.29) is 0 Å². The molecule has 0 aliphatic rings. The molecule has 0 fully saturated rings. The first-order valence-electron chi connectivity index (χ1n) is 7.38. The van der Waals surface area contributed by atoms with Crippen LogP contribution in [-0.4, -0.2) is 67.8 Å². The summed E-state index contributed by atoms with van der Waals surface area (Å²) in [5, 5.41) is 18.6. The molecule has 2 N–H and O–H groups in total. The number of hydrogen-bond acceptors (Lipinski definition) is 5. The predicted molar refractivity (Wildman–Crippen MR) is 86.9 cm³/mol. The van der Waals surface area contributed by atoms with Crippen LogP contribution >= 0.6 is 0 Å². The lowest BCUT2D eigenvalue weighted by atomic mass is 9.79. The van der Waals surface area contributed by atoms with Gasteiger partial charge in [-0.15, -0.1) is 0 Å². The Morgan fingerprint density at radius 2 is 1.90 bits per heavy atom. The molecule has 0 spiro atoms. The molecule has 118 valence electrons. The minimum absolute atomic E-state index is 0.496. The molecule has 0 radical (unpaired) electrons. The molecule has 5 nitrogen and oxygen atoms in total. The second kappa shape index (κ2) is 9.05. The third-order valence-electron chi connectivity index (χ3n) is 3.52. The average Bonchev–Trinajstić information content (AvgIpc) is 2.45. The lowest BCUT2D eigenvalue weighted by Gasteiger charge is -2.23. The molecule has 0 atom stereocenters. The zero-order valence-electron chi connectivity index (χ0n) is 13.5. The van der Waals surface area contributed by atoms with Crippen molar-refractivity contribution in [3.05, 3.63) is 23.8 Å². The van der Waals surface area contributed by atoms with E-state index in [1.807, 2.05) is 0 Å². The highest BCUT2D eigenvalue weighted by atomic mass is 16.5. The van der Waals surface area contributed by atoms with E-state index in [1.165, 1.54) is 0 Å². The van der Waals surface area contributed by atoms with Gasteiger partial charge in [-0.25, -0.2) is 0 Å². The molecule has 0 aliphatic carbocycles. The Balaban J connectivity index is 2.75. The van der Waals surface area contributed by atoms with E-state index >= 15 is 0 Å². The number of nitrogens with zero attached hydrogens (tertiary/aromatic N) is 2. The maximum atomic E-state index is 9.30. The smallest absolute Gasteiger partial charge is 0.488 e. The third kappa shape index (κ3) is 6.05. The first-order valence-corrected chi connectivity index (χ1v) is 7.38. The van der Waals surface area contributed by atoms with Crippen LogP contribution < -0.4 is 10.2 Å². The van der Waals surface area contributed by atoms with Crippen molar-refractivity contribution in [3.8, 4) is 5.75 Å². The lowest BCUT2D eigenvalue weighted by molar-refractivity contribution is 0.255. The zero-order chi connectivity index (χ0) is 15.8. The molecule has 1 rings (SSSR count). The summed E-state index contributed by atoms with van der Waals surface area (Å²) in [6, 6.07) is 5.27. The Bertz CT molecular complexity index is 427. The molecule has 21 heavy (non-hydrogen) atoms. The highest BCUT2D eigenvalue weighted by Crippen LogP contribution is 2.18. The summed E-state index contributed by atoms with van der Waals surface area (Å²) in [6.45, 7) is 5.88. The summed E-state index contributed by atoms with van der Waals surface area (Å²) in [5.74, 6) is 0.783. The summed E-state index contributed by atoms with van der Waals surface area (Å²) in [4.78, 5) is 4.51. The van der Waals surface area contributed by atoms with Crippen LogP contribution in [0.3, 0.4) is 0 Å². The Morgan fingerprint density at radius 1 is 1.19 bits per heavy atom. The summed E-state index contributed by atoms with van der Waals surface area (Å²) in [6.07, 6.45) is 1.10. The van der Waals surface area contributed by atoms with Gasteiger partial charge in [0, 0.05) is 12.1 Å². The Morgan fingerprint density at radius 3 is 2.43 bits per heavy atom. The lowest BCUT2D eigenvalue weighted by Crippen LogP contribution is -2.31. The van der Waals surface area contributed by atoms with Crippen LogP contribution in [0.4, 0.5) is 0 Å². The predicted octanol–water partition coefficient (Wildman–Crippen LogP) is 0.149. The number of rotatable bonds is 9. The van der Waals surface area contributed by atoms with Gasteiger partial charge < -0.3 is 19.7 Å². The molecule has 0 amide bonds. The molecule has 0 heterocycles. The molecule has 1 aromatic carbocycles. The SMILES string of the molecule is CCN(CCCN(C)C)Cc1cc(B(O)O)ccc1OC. The van der Waals surface area contributed by atoms with E-state index in [0.717, 1.165) is 43.9 Å². The van der Waals surface area contributed by atoms with Crippen LogP contribution in [0.2, 0.25) is 0 Å². The molecule has 1 aromatic rings. The molecular formula is C15H27BN2O3. The second-order valence-corrected chi connectivity index (χ2v) is 5.47. The molecular weight excluding hydrogens is 267 g/mol. The van der Waals surface area contributed by atoms with E-state index in [9.17, 15) is 10.0 Å². The minimum atomic E-state index is -1.45. The first-order chi connectivity index (χ1) is 9.97. The summed E-state index contributed by atoms with van der Waals surface area (Å²) < 4.78 is 5.37. The second-order valence-electron chi connectivity index (χ2n) is 5.47. The quantitative estimate of drug-likeness (QED) is 0.635. The fourth-order valence-electron chi connectivity index (χ4n) is 2.28. The van der Waals surface area contributed by atoms with Gasteiger partial charge in [0.2, 0.25) is 0 Å².